The topological polar surface area (TPSA) is 63.6 Å². The van der Waals surface area contributed by atoms with E-state index in [2.05, 4.69) is 13.2 Å². The molecule has 0 spiro atoms. The van der Waals surface area contributed by atoms with Crippen LogP contribution in [0, 0.1) is 0 Å². The molecule has 0 aliphatic carbocycles. The molecule has 0 bridgehead atoms. The number of benzene rings is 2. The smallest absolute Gasteiger partial charge is 0.298 e. The standard InChI is InChI=1S/C18H18O4S/c1-3-8-14-12-13-17(23(19,20)21)18(16(14)9-4-2)22-15-10-6-5-7-11-15/h3-7,10-13H,1-2,8-9H2,(H,19,20,21). The van der Waals surface area contributed by atoms with Crippen LogP contribution in [0.2, 0.25) is 0 Å². The Morgan fingerprint density at radius 1 is 1.00 bits per heavy atom. The van der Waals surface area contributed by atoms with E-state index in [0.29, 0.717) is 24.2 Å². The van der Waals surface area contributed by atoms with Gasteiger partial charge in [-0.3, -0.25) is 4.55 Å². The molecule has 23 heavy (non-hydrogen) atoms. The zero-order valence-electron chi connectivity index (χ0n) is 12.6. The SMILES string of the molecule is C=CCc1ccc(S(=O)(=O)O)c(Oc2ccccc2)c1CC=C. The van der Waals surface area contributed by atoms with Crippen LogP contribution in [0.4, 0.5) is 0 Å². The van der Waals surface area contributed by atoms with E-state index in [4.69, 9.17) is 4.74 Å². The van der Waals surface area contributed by atoms with Gasteiger partial charge in [0.25, 0.3) is 10.1 Å². The molecule has 0 radical (unpaired) electrons. The van der Waals surface area contributed by atoms with Crippen LogP contribution in [-0.2, 0) is 23.0 Å². The fraction of sp³-hybridized carbons (Fsp3) is 0.111. The first-order chi connectivity index (χ1) is 11.0. The molecule has 0 fully saturated rings. The zero-order valence-corrected chi connectivity index (χ0v) is 13.4. The summed E-state index contributed by atoms with van der Waals surface area (Å²) in [5.41, 5.74) is 1.54. The minimum absolute atomic E-state index is 0.123. The van der Waals surface area contributed by atoms with E-state index in [-0.39, 0.29) is 10.6 Å². The van der Waals surface area contributed by atoms with Crippen LogP contribution in [0.5, 0.6) is 11.5 Å². The third-order valence-electron chi connectivity index (χ3n) is 3.28. The maximum atomic E-state index is 11.7. The lowest BCUT2D eigenvalue weighted by molar-refractivity contribution is 0.446. The van der Waals surface area contributed by atoms with Crippen molar-refractivity contribution in [2.24, 2.45) is 0 Å². The molecule has 0 saturated carbocycles. The van der Waals surface area contributed by atoms with Gasteiger partial charge in [0.1, 0.15) is 10.6 Å². The van der Waals surface area contributed by atoms with Gasteiger partial charge in [0.05, 0.1) is 0 Å². The average molecular weight is 330 g/mol. The van der Waals surface area contributed by atoms with Crippen LogP contribution in [0.3, 0.4) is 0 Å². The Balaban J connectivity index is 2.67. The van der Waals surface area contributed by atoms with Gasteiger partial charge in [-0.05, 0) is 36.6 Å². The van der Waals surface area contributed by atoms with E-state index in [1.165, 1.54) is 6.07 Å². The second-order valence-corrected chi connectivity index (χ2v) is 6.30. The number of allylic oxidation sites excluding steroid dienone is 2. The molecule has 0 aliphatic heterocycles. The minimum atomic E-state index is -4.41. The molecule has 0 aliphatic rings. The molecule has 0 heterocycles. The molecule has 0 aromatic heterocycles. The summed E-state index contributed by atoms with van der Waals surface area (Å²) in [6.07, 6.45) is 4.35. The first kappa shape index (κ1) is 17.0. The van der Waals surface area contributed by atoms with Gasteiger partial charge in [-0.1, -0.05) is 36.4 Å². The highest BCUT2D eigenvalue weighted by molar-refractivity contribution is 7.86. The fourth-order valence-electron chi connectivity index (χ4n) is 2.28. The lowest BCUT2D eigenvalue weighted by atomic mass is 10.0. The van der Waals surface area contributed by atoms with Gasteiger partial charge in [0, 0.05) is 5.56 Å². The summed E-state index contributed by atoms with van der Waals surface area (Å²) in [7, 11) is -4.41. The summed E-state index contributed by atoms with van der Waals surface area (Å²) in [5, 5.41) is 0. The molecule has 2 aromatic carbocycles. The average Bonchev–Trinajstić information content (AvgIpc) is 2.50. The number of para-hydroxylation sites is 1. The van der Waals surface area contributed by atoms with Crippen molar-refractivity contribution < 1.29 is 17.7 Å². The van der Waals surface area contributed by atoms with Gasteiger partial charge in [-0.2, -0.15) is 8.42 Å². The number of hydrogen-bond donors (Lipinski definition) is 1. The second-order valence-electron chi connectivity index (χ2n) is 4.91. The third kappa shape index (κ3) is 4.09. The highest BCUT2D eigenvalue weighted by atomic mass is 32.2. The highest BCUT2D eigenvalue weighted by Gasteiger charge is 2.22. The second kappa shape index (κ2) is 7.26. The van der Waals surface area contributed by atoms with Crippen molar-refractivity contribution >= 4 is 10.1 Å². The van der Waals surface area contributed by atoms with E-state index < -0.39 is 10.1 Å². The number of rotatable bonds is 7. The summed E-state index contributed by atoms with van der Waals surface area (Å²) in [6, 6.07) is 11.8. The van der Waals surface area contributed by atoms with Gasteiger partial charge in [0.15, 0.2) is 5.75 Å². The molecule has 2 aromatic rings. The molecule has 120 valence electrons. The third-order valence-corrected chi connectivity index (χ3v) is 4.15. The van der Waals surface area contributed by atoms with E-state index in [0.717, 1.165) is 5.56 Å². The van der Waals surface area contributed by atoms with Crippen LogP contribution in [0.15, 0.2) is 72.7 Å². The van der Waals surface area contributed by atoms with Gasteiger partial charge >= 0.3 is 0 Å². The Labute approximate surface area is 136 Å². The van der Waals surface area contributed by atoms with Crippen LogP contribution in [0.1, 0.15) is 11.1 Å². The Bertz CT molecular complexity index is 808. The quantitative estimate of drug-likeness (QED) is 0.611. The van der Waals surface area contributed by atoms with Crippen molar-refractivity contribution in [1.29, 1.82) is 0 Å². The molecule has 0 saturated heterocycles. The van der Waals surface area contributed by atoms with E-state index in [1.54, 1.807) is 42.5 Å². The highest BCUT2D eigenvalue weighted by Crippen LogP contribution is 2.35. The zero-order chi connectivity index (χ0) is 16.9. The lowest BCUT2D eigenvalue weighted by Crippen LogP contribution is -2.06. The monoisotopic (exact) mass is 330 g/mol. The minimum Gasteiger partial charge on any atom is -0.456 e. The summed E-state index contributed by atoms with van der Waals surface area (Å²) in [4.78, 5) is -0.258. The van der Waals surface area contributed by atoms with E-state index in [9.17, 15) is 13.0 Å². The lowest BCUT2D eigenvalue weighted by Gasteiger charge is -2.17. The predicted molar refractivity (Wildman–Crippen MR) is 90.6 cm³/mol. The van der Waals surface area contributed by atoms with Crippen molar-refractivity contribution in [3.8, 4) is 11.5 Å². The van der Waals surface area contributed by atoms with Crippen molar-refractivity contribution in [2.75, 3.05) is 0 Å². The normalized spacial score (nSPS) is 11.0. The van der Waals surface area contributed by atoms with Crippen molar-refractivity contribution in [3.05, 3.63) is 78.9 Å². The first-order valence-electron chi connectivity index (χ1n) is 7.04. The summed E-state index contributed by atoms with van der Waals surface area (Å²) in [5.74, 6) is 0.608. The van der Waals surface area contributed by atoms with Crippen molar-refractivity contribution in [1.82, 2.24) is 0 Å². The first-order valence-corrected chi connectivity index (χ1v) is 8.48. The summed E-state index contributed by atoms with van der Waals surface area (Å²) >= 11 is 0. The Morgan fingerprint density at radius 3 is 2.22 bits per heavy atom. The number of hydrogen-bond acceptors (Lipinski definition) is 3. The number of ether oxygens (including phenoxy) is 1. The summed E-state index contributed by atoms with van der Waals surface area (Å²) < 4.78 is 38.7. The van der Waals surface area contributed by atoms with Crippen LogP contribution >= 0.6 is 0 Å². The Kier molecular flexibility index (Phi) is 5.36. The van der Waals surface area contributed by atoms with Crippen LogP contribution in [0.25, 0.3) is 0 Å². The summed E-state index contributed by atoms with van der Waals surface area (Å²) in [6.45, 7) is 7.41. The van der Waals surface area contributed by atoms with Crippen LogP contribution in [-0.4, -0.2) is 13.0 Å². The molecule has 0 unspecified atom stereocenters. The molecular formula is C18H18O4S. The molecule has 1 N–H and O–H groups in total. The van der Waals surface area contributed by atoms with Crippen LogP contribution < -0.4 is 4.74 Å². The predicted octanol–water partition coefficient (Wildman–Crippen LogP) is 4.18. The maximum absolute atomic E-state index is 11.7. The van der Waals surface area contributed by atoms with Crippen molar-refractivity contribution in [3.63, 3.8) is 0 Å². The van der Waals surface area contributed by atoms with Gasteiger partial charge in [0.2, 0.25) is 0 Å². The maximum Gasteiger partial charge on any atom is 0.298 e. The van der Waals surface area contributed by atoms with Gasteiger partial charge in [-0.25, -0.2) is 0 Å². The molecular weight excluding hydrogens is 312 g/mol. The van der Waals surface area contributed by atoms with Gasteiger partial charge in [-0.15, -0.1) is 13.2 Å². The largest absolute Gasteiger partial charge is 0.456 e. The molecule has 0 amide bonds. The molecule has 0 atom stereocenters. The fourth-order valence-corrected chi connectivity index (χ4v) is 2.92. The Morgan fingerprint density at radius 2 is 1.65 bits per heavy atom. The van der Waals surface area contributed by atoms with Gasteiger partial charge < -0.3 is 4.74 Å². The molecule has 5 heteroatoms. The Hall–Kier alpha value is -2.37. The molecule has 4 nitrogen and oxygen atoms in total. The molecule has 2 rings (SSSR count). The van der Waals surface area contributed by atoms with E-state index >= 15 is 0 Å². The van der Waals surface area contributed by atoms with Crippen molar-refractivity contribution in [2.45, 2.75) is 17.7 Å². The van der Waals surface area contributed by atoms with E-state index in [1.807, 2.05) is 6.07 Å².